The highest BCUT2D eigenvalue weighted by Gasteiger charge is 2.06. The van der Waals surface area contributed by atoms with Crippen LogP contribution >= 0.6 is 15.9 Å². The zero-order valence-corrected chi connectivity index (χ0v) is 9.91. The van der Waals surface area contributed by atoms with Crippen molar-refractivity contribution in [3.8, 4) is 0 Å². The zero-order valence-electron chi connectivity index (χ0n) is 8.33. The van der Waals surface area contributed by atoms with Crippen molar-refractivity contribution < 1.29 is 19.4 Å². The first kappa shape index (κ1) is 12.7. The normalized spacial score (nSPS) is 10.1. The summed E-state index contributed by atoms with van der Waals surface area (Å²) in [6.45, 7) is 0.0760. The van der Waals surface area contributed by atoms with E-state index in [1.165, 1.54) is 0 Å². The van der Waals surface area contributed by atoms with Gasteiger partial charge in [-0.15, -0.1) is 0 Å². The van der Waals surface area contributed by atoms with Crippen LogP contribution in [0, 0.1) is 0 Å². The Hall–Kier alpha value is -1.34. The van der Waals surface area contributed by atoms with Crippen LogP contribution in [0.5, 0.6) is 0 Å². The van der Waals surface area contributed by atoms with Gasteiger partial charge >= 0.3 is 5.97 Å². The van der Waals surface area contributed by atoms with Crippen LogP contribution in [0.15, 0.2) is 16.7 Å². The second-order valence-electron chi connectivity index (χ2n) is 2.93. The third-order valence-electron chi connectivity index (χ3n) is 1.65. The van der Waals surface area contributed by atoms with E-state index in [0.717, 1.165) is 4.47 Å². The van der Waals surface area contributed by atoms with Crippen molar-refractivity contribution in [2.45, 2.75) is 0 Å². The number of rotatable bonds is 6. The number of nitrogens with one attached hydrogen (secondary N) is 2. The maximum Gasteiger partial charge on any atom is 0.329 e. The van der Waals surface area contributed by atoms with Gasteiger partial charge in [-0.3, -0.25) is 4.79 Å². The number of aromatic amines is 1. The molecule has 0 radical (unpaired) electrons. The lowest BCUT2D eigenvalue weighted by molar-refractivity contribution is -0.142. The van der Waals surface area contributed by atoms with Gasteiger partial charge in [0.05, 0.1) is 6.61 Å². The molecule has 0 aliphatic rings. The smallest absolute Gasteiger partial charge is 0.329 e. The number of halogens is 1. The van der Waals surface area contributed by atoms with Crippen molar-refractivity contribution in [1.82, 2.24) is 10.3 Å². The van der Waals surface area contributed by atoms with Crippen LogP contribution in [0.25, 0.3) is 0 Å². The molecule has 6 nitrogen and oxygen atoms in total. The molecule has 1 aromatic heterocycles. The van der Waals surface area contributed by atoms with E-state index in [-0.39, 0.29) is 25.7 Å². The monoisotopic (exact) mass is 290 g/mol. The Balaban J connectivity index is 2.18. The maximum absolute atomic E-state index is 11.4. The van der Waals surface area contributed by atoms with Gasteiger partial charge in [-0.05, 0) is 22.0 Å². The van der Waals surface area contributed by atoms with Crippen molar-refractivity contribution in [2.75, 3.05) is 19.8 Å². The molecule has 0 aliphatic heterocycles. The fourth-order valence-electron chi connectivity index (χ4n) is 0.990. The van der Waals surface area contributed by atoms with E-state index in [4.69, 9.17) is 9.84 Å². The van der Waals surface area contributed by atoms with Gasteiger partial charge in [-0.25, -0.2) is 4.79 Å². The van der Waals surface area contributed by atoms with Gasteiger partial charge < -0.3 is 20.1 Å². The molecule has 1 aromatic rings. The van der Waals surface area contributed by atoms with E-state index in [2.05, 4.69) is 26.2 Å². The van der Waals surface area contributed by atoms with E-state index in [1.54, 1.807) is 12.3 Å². The average molecular weight is 291 g/mol. The van der Waals surface area contributed by atoms with Crippen molar-refractivity contribution in [3.63, 3.8) is 0 Å². The lowest BCUT2D eigenvalue weighted by atomic mass is 10.4. The highest BCUT2D eigenvalue weighted by Crippen LogP contribution is 2.09. The SMILES string of the molecule is O=C(O)COCCNC(=O)c1cc(Br)c[nH]1. The second kappa shape index (κ2) is 6.29. The minimum absolute atomic E-state index is 0.167. The highest BCUT2D eigenvalue weighted by atomic mass is 79.9. The number of carbonyl (C=O) groups excluding carboxylic acids is 1. The number of aromatic nitrogens is 1. The number of hydrogen-bond acceptors (Lipinski definition) is 3. The van der Waals surface area contributed by atoms with Crippen molar-refractivity contribution in [2.24, 2.45) is 0 Å². The number of carboxylic acid groups (broad SMARTS) is 1. The summed E-state index contributed by atoms with van der Waals surface area (Å²) in [5, 5.41) is 10.9. The van der Waals surface area contributed by atoms with Crippen molar-refractivity contribution in [1.29, 1.82) is 0 Å². The summed E-state index contributed by atoms with van der Waals surface area (Å²) in [5.74, 6) is -1.29. The molecule has 0 bridgehead atoms. The Morgan fingerprint density at radius 1 is 1.56 bits per heavy atom. The van der Waals surface area contributed by atoms with Crippen LogP contribution in [0.4, 0.5) is 0 Å². The minimum Gasteiger partial charge on any atom is -0.480 e. The van der Waals surface area contributed by atoms with Crippen molar-refractivity contribution >= 4 is 27.8 Å². The van der Waals surface area contributed by atoms with Crippen molar-refractivity contribution in [3.05, 3.63) is 22.4 Å². The molecule has 7 heteroatoms. The number of hydrogen-bond donors (Lipinski definition) is 3. The van der Waals surface area contributed by atoms with E-state index < -0.39 is 5.97 Å². The number of aliphatic carboxylic acids is 1. The third-order valence-corrected chi connectivity index (χ3v) is 2.11. The summed E-state index contributed by atoms with van der Waals surface area (Å²) >= 11 is 3.21. The summed E-state index contributed by atoms with van der Waals surface area (Å²) in [6, 6.07) is 1.65. The largest absolute Gasteiger partial charge is 0.480 e. The maximum atomic E-state index is 11.4. The topological polar surface area (TPSA) is 91.4 Å². The zero-order chi connectivity index (χ0) is 12.0. The molecular formula is C9H11BrN2O4. The minimum atomic E-state index is -1.03. The number of H-pyrrole nitrogens is 1. The summed E-state index contributed by atoms with van der Waals surface area (Å²) < 4.78 is 5.54. The average Bonchev–Trinajstić information content (AvgIpc) is 2.63. The van der Waals surface area contributed by atoms with E-state index in [1.807, 2.05) is 0 Å². The summed E-state index contributed by atoms with van der Waals surface area (Å²) in [7, 11) is 0. The van der Waals surface area contributed by atoms with Crippen LogP contribution in [0.1, 0.15) is 10.5 Å². The first-order valence-electron chi connectivity index (χ1n) is 4.51. The first-order chi connectivity index (χ1) is 7.59. The molecule has 0 unspecified atom stereocenters. The Morgan fingerprint density at radius 3 is 2.88 bits per heavy atom. The summed E-state index contributed by atoms with van der Waals surface area (Å²) in [6.07, 6.45) is 1.65. The van der Waals surface area contributed by atoms with Crippen LogP contribution in [-0.4, -0.2) is 41.7 Å². The second-order valence-corrected chi connectivity index (χ2v) is 3.85. The Kier molecular flexibility index (Phi) is 5.00. The fourth-order valence-corrected chi connectivity index (χ4v) is 1.33. The molecule has 0 atom stereocenters. The van der Waals surface area contributed by atoms with Gasteiger partial charge in [0.2, 0.25) is 0 Å². The van der Waals surface area contributed by atoms with Gasteiger partial charge in [-0.2, -0.15) is 0 Å². The fraction of sp³-hybridized carbons (Fsp3) is 0.333. The van der Waals surface area contributed by atoms with Gasteiger partial charge in [0.1, 0.15) is 12.3 Å². The number of ether oxygens (including phenoxy) is 1. The summed E-state index contributed by atoms with van der Waals surface area (Å²) in [4.78, 5) is 24.3. The molecule has 16 heavy (non-hydrogen) atoms. The molecule has 0 fully saturated rings. The molecule has 0 saturated heterocycles. The van der Waals surface area contributed by atoms with E-state index in [0.29, 0.717) is 5.69 Å². The molecule has 1 amide bonds. The molecule has 1 rings (SSSR count). The standard InChI is InChI=1S/C9H11BrN2O4/c10-6-3-7(12-4-6)9(15)11-1-2-16-5-8(13)14/h3-4,12H,1-2,5H2,(H,11,15)(H,13,14). The molecule has 88 valence electrons. The van der Waals surface area contributed by atoms with Crippen LogP contribution in [-0.2, 0) is 9.53 Å². The van der Waals surface area contributed by atoms with Crippen LogP contribution in [0.3, 0.4) is 0 Å². The lowest BCUT2D eigenvalue weighted by Gasteiger charge is -2.03. The molecule has 0 aliphatic carbocycles. The highest BCUT2D eigenvalue weighted by molar-refractivity contribution is 9.10. The number of carboxylic acids is 1. The third kappa shape index (κ3) is 4.45. The van der Waals surface area contributed by atoms with Gasteiger partial charge in [0.15, 0.2) is 0 Å². The molecule has 1 heterocycles. The molecule has 0 aromatic carbocycles. The number of carbonyl (C=O) groups is 2. The molecule has 0 saturated carbocycles. The lowest BCUT2D eigenvalue weighted by Crippen LogP contribution is -2.28. The summed E-state index contributed by atoms with van der Waals surface area (Å²) in [5.41, 5.74) is 0.435. The van der Waals surface area contributed by atoms with Gasteiger partial charge in [-0.1, -0.05) is 0 Å². The first-order valence-corrected chi connectivity index (χ1v) is 5.30. The Bertz CT molecular complexity index is 377. The van der Waals surface area contributed by atoms with Crippen LogP contribution in [0.2, 0.25) is 0 Å². The van der Waals surface area contributed by atoms with E-state index >= 15 is 0 Å². The quantitative estimate of drug-likeness (QED) is 0.670. The molecular weight excluding hydrogens is 280 g/mol. The predicted molar refractivity (Wildman–Crippen MR) is 59.3 cm³/mol. The Labute approximate surface area is 100 Å². The molecule has 3 N–H and O–H groups in total. The van der Waals surface area contributed by atoms with E-state index in [9.17, 15) is 9.59 Å². The molecule has 0 spiro atoms. The Morgan fingerprint density at radius 2 is 2.31 bits per heavy atom. The van der Waals surface area contributed by atoms with Gasteiger partial charge in [0, 0.05) is 17.2 Å². The number of amides is 1. The predicted octanol–water partition coefficient (Wildman–Crippen LogP) is 0.608. The van der Waals surface area contributed by atoms with Gasteiger partial charge in [0.25, 0.3) is 5.91 Å². The van der Waals surface area contributed by atoms with Crippen LogP contribution < -0.4 is 5.32 Å².